The normalized spacial score (nSPS) is 15.6. The van der Waals surface area contributed by atoms with Gasteiger partial charge in [0.05, 0.1) is 5.56 Å². The molecule has 0 saturated heterocycles. The second-order valence-corrected chi connectivity index (χ2v) is 5.48. The molecule has 0 N–H and O–H groups in total. The van der Waals surface area contributed by atoms with Crippen LogP contribution in [0.1, 0.15) is 31.4 Å². The van der Waals surface area contributed by atoms with Crippen molar-refractivity contribution in [1.82, 2.24) is 0 Å². The van der Waals surface area contributed by atoms with E-state index in [9.17, 15) is 13.2 Å². The standard InChI is InChI=1S/C13H16BrF3/c1-3-9(2)12(14)8-10-4-6-11(7-5-10)13(15,16)17/h4-7,9,12H,3,8H2,1-2H3. The molecule has 1 aromatic carbocycles. The Morgan fingerprint density at radius 3 is 2.12 bits per heavy atom. The van der Waals surface area contributed by atoms with E-state index in [1.54, 1.807) is 12.1 Å². The Kier molecular flexibility index (Phi) is 5.04. The summed E-state index contributed by atoms with van der Waals surface area (Å²) in [5.74, 6) is 0.511. The largest absolute Gasteiger partial charge is 0.416 e. The van der Waals surface area contributed by atoms with Gasteiger partial charge in [0, 0.05) is 4.83 Å². The molecule has 0 aliphatic carbocycles. The minimum Gasteiger partial charge on any atom is -0.166 e. The molecule has 0 aliphatic heterocycles. The number of hydrogen-bond donors (Lipinski definition) is 0. The molecule has 0 spiro atoms. The molecule has 0 aromatic heterocycles. The molecule has 0 fully saturated rings. The average molecular weight is 309 g/mol. The lowest BCUT2D eigenvalue weighted by molar-refractivity contribution is -0.137. The van der Waals surface area contributed by atoms with E-state index in [0.29, 0.717) is 10.7 Å². The maximum absolute atomic E-state index is 12.4. The van der Waals surface area contributed by atoms with Crippen LogP contribution in [0.4, 0.5) is 13.2 Å². The van der Waals surface area contributed by atoms with Gasteiger partial charge in [-0.2, -0.15) is 13.2 Å². The van der Waals surface area contributed by atoms with Crippen molar-refractivity contribution in [3.63, 3.8) is 0 Å². The lowest BCUT2D eigenvalue weighted by Gasteiger charge is -2.16. The first-order valence-electron chi connectivity index (χ1n) is 5.64. The van der Waals surface area contributed by atoms with Crippen LogP contribution in [-0.2, 0) is 12.6 Å². The fourth-order valence-electron chi connectivity index (χ4n) is 1.51. The minimum absolute atomic E-state index is 0.309. The monoisotopic (exact) mass is 308 g/mol. The zero-order chi connectivity index (χ0) is 13.1. The molecule has 0 saturated carbocycles. The molecule has 0 amide bonds. The first-order valence-corrected chi connectivity index (χ1v) is 6.56. The highest BCUT2D eigenvalue weighted by molar-refractivity contribution is 9.09. The van der Waals surface area contributed by atoms with Gasteiger partial charge < -0.3 is 0 Å². The van der Waals surface area contributed by atoms with E-state index in [4.69, 9.17) is 0 Å². The first kappa shape index (κ1) is 14.6. The summed E-state index contributed by atoms with van der Waals surface area (Å²) in [6.07, 6.45) is -2.44. The van der Waals surface area contributed by atoms with Crippen molar-refractivity contribution in [2.75, 3.05) is 0 Å². The van der Waals surface area contributed by atoms with E-state index in [2.05, 4.69) is 29.8 Å². The predicted octanol–water partition coefficient (Wildman–Crippen LogP) is 5.06. The van der Waals surface area contributed by atoms with Crippen molar-refractivity contribution in [3.8, 4) is 0 Å². The molecular formula is C13H16BrF3. The van der Waals surface area contributed by atoms with Crippen molar-refractivity contribution >= 4 is 15.9 Å². The minimum atomic E-state index is -4.25. The topological polar surface area (TPSA) is 0 Å². The lowest BCUT2D eigenvalue weighted by atomic mass is 9.98. The molecule has 1 rings (SSSR count). The van der Waals surface area contributed by atoms with Crippen LogP contribution in [0.15, 0.2) is 24.3 Å². The first-order chi connectivity index (χ1) is 7.84. The van der Waals surface area contributed by atoms with Crippen molar-refractivity contribution in [2.24, 2.45) is 5.92 Å². The Morgan fingerprint density at radius 2 is 1.71 bits per heavy atom. The maximum Gasteiger partial charge on any atom is 0.416 e. The van der Waals surface area contributed by atoms with Crippen molar-refractivity contribution in [1.29, 1.82) is 0 Å². The second-order valence-electron chi connectivity index (χ2n) is 4.30. The fraction of sp³-hybridized carbons (Fsp3) is 0.538. The highest BCUT2D eigenvalue weighted by atomic mass is 79.9. The molecule has 4 heteroatoms. The molecule has 2 unspecified atom stereocenters. The Balaban J connectivity index is 2.69. The third kappa shape index (κ3) is 4.34. The zero-order valence-corrected chi connectivity index (χ0v) is 11.5. The van der Waals surface area contributed by atoms with Gasteiger partial charge in [-0.05, 0) is 30.0 Å². The molecule has 17 heavy (non-hydrogen) atoms. The van der Waals surface area contributed by atoms with Gasteiger partial charge in [-0.15, -0.1) is 0 Å². The van der Waals surface area contributed by atoms with E-state index in [0.717, 1.165) is 30.5 Å². The molecular weight excluding hydrogens is 293 g/mol. The Hall–Kier alpha value is -0.510. The van der Waals surface area contributed by atoms with Crippen LogP contribution in [0, 0.1) is 5.92 Å². The number of rotatable bonds is 4. The van der Waals surface area contributed by atoms with Gasteiger partial charge in [0.25, 0.3) is 0 Å². The summed E-state index contributed by atoms with van der Waals surface area (Å²) in [6, 6.07) is 5.40. The van der Waals surface area contributed by atoms with E-state index in [1.807, 2.05) is 0 Å². The SMILES string of the molecule is CCC(C)C(Br)Cc1ccc(C(F)(F)F)cc1. The van der Waals surface area contributed by atoms with E-state index in [-0.39, 0.29) is 0 Å². The molecule has 0 aliphatic rings. The highest BCUT2D eigenvalue weighted by Gasteiger charge is 2.30. The third-order valence-electron chi connectivity index (χ3n) is 2.97. The van der Waals surface area contributed by atoms with Crippen LogP contribution in [0.25, 0.3) is 0 Å². The molecule has 0 nitrogen and oxygen atoms in total. The molecule has 96 valence electrons. The van der Waals surface area contributed by atoms with Crippen LogP contribution in [0.2, 0.25) is 0 Å². The molecule has 2 atom stereocenters. The summed E-state index contributed by atoms with van der Waals surface area (Å²) in [5, 5.41) is 0. The molecule has 0 heterocycles. The van der Waals surface area contributed by atoms with Gasteiger partial charge in [0.1, 0.15) is 0 Å². The average Bonchev–Trinajstić information content (AvgIpc) is 2.27. The van der Waals surface area contributed by atoms with E-state index >= 15 is 0 Å². The summed E-state index contributed by atoms with van der Waals surface area (Å²) in [4.78, 5) is 0.309. The number of hydrogen-bond acceptors (Lipinski definition) is 0. The number of alkyl halides is 4. The lowest BCUT2D eigenvalue weighted by Crippen LogP contribution is -2.13. The van der Waals surface area contributed by atoms with Crippen LogP contribution < -0.4 is 0 Å². The van der Waals surface area contributed by atoms with Gasteiger partial charge in [-0.1, -0.05) is 48.3 Å². The van der Waals surface area contributed by atoms with Crippen LogP contribution >= 0.6 is 15.9 Å². The third-order valence-corrected chi connectivity index (χ3v) is 4.20. The maximum atomic E-state index is 12.4. The zero-order valence-electron chi connectivity index (χ0n) is 9.89. The van der Waals surface area contributed by atoms with Gasteiger partial charge in [0.2, 0.25) is 0 Å². The Bertz CT molecular complexity index is 343. The van der Waals surface area contributed by atoms with Crippen molar-refractivity contribution in [3.05, 3.63) is 35.4 Å². The summed E-state index contributed by atoms with van der Waals surface area (Å²) >= 11 is 3.58. The highest BCUT2D eigenvalue weighted by Crippen LogP contribution is 2.29. The molecule has 1 aromatic rings. The van der Waals surface area contributed by atoms with E-state index in [1.165, 1.54) is 0 Å². The summed E-state index contributed by atoms with van der Waals surface area (Å²) in [6.45, 7) is 4.23. The molecule has 0 bridgehead atoms. The van der Waals surface area contributed by atoms with Gasteiger partial charge in [-0.25, -0.2) is 0 Å². The smallest absolute Gasteiger partial charge is 0.166 e. The second kappa shape index (κ2) is 5.89. The Labute approximate surface area is 108 Å². The summed E-state index contributed by atoms with van der Waals surface area (Å²) < 4.78 is 37.1. The van der Waals surface area contributed by atoms with Crippen LogP contribution in [-0.4, -0.2) is 4.83 Å². The number of benzene rings is 1. The fourth-order valence-corrected chi connectivity index (χ4v) is 2.26. The van der Waals surface area contributed by atoms with Crippen molar-refractivity contribution < 1.29 is 13.2 Å². The Morgan fingerprint density at radius 1 is 1.18 bits per heavy atom. The predicted molar refractivity (Wildman–Crippen MR) is 67.3 cm³/mol. The van der Waals surface area contributed by atoms with Crippen molar-refractivity contribution in [2.45, 2.75) is 37.7 Å². The quantitative estimate of drug-likeness (QED) is 0.682. The number of halogens is 4. The van der Waals surface area contributed by atoms with Crippen LogP contribution in [0.5, 0.6) is 0 Å². The summed E-state index contributed by atoms with van der Waals surface area (Å²) in [7, 11) is 0. The van der Waals surface area contributed by atoms with Gasteiger partial charge in [0.15, 0.2) is 0 Å². The molecule has 0 radical (unpaired) electrons. The van der Waals surface area contributed by atoms with E-state index < -0.39 is 11.7 Å². The van der Waals surface area contributed by atoms with Gasteiger partial charge in [-0.3, -0.25) is 0 Å². The van der Waals surface area contributed by atoms with Gasteiger partial charge >= 0.3 is 6.18 Å². The van der Waals surface area contributed by atoms with Crippen LogP contribution in [0.3, 0.4) is 0 Å². The summed E-state index contributed by atoms with van der Waals surface area (Å²) in [5.41, 5.74) is 0.344.